The first-order valence-electron chi connectivity index (χ1n) is 6.16. The minimum absolute atomic E-state index is 0.0548. The number of amides is 1. The minimum Gasteiger partial charge on any atom is -0.478 e. The highest BCUT2D eigenvalue weighted by molar-refractivity contribution is 5.87. The standard InChI is InChI=1S/C14H20N2O3/c1-14(2,15)8-7-12(17)16-9-10-3-5-11(6-4-10)13(18)19/h3-6H,7-9,15H2,1-2H3,(H,16,17)(H,18,19). The van der Waals surface area contributed by atoms with Crippen molar-refractivity contribution in [3.05, 3.63) is 35.4 Å². The molecule has 104 valence electrons. The number of hydrogen-bond donors (Lipinski definition) is 3. The van der Waals surface area contributed by atoms with Gasteiger partial charge in [0.1, 0.15) is 0 Å². The van der Waals surface area contributed by atoms with Gasteiger partial charge in [0, 0.05) is 18.5 Å². The van der Waals surface area contributed by atoms with Gasteiger partial charge in [-0.2, -0.15) is 0 Å². The summed E-state index contributed by atoms with van der Waals surface area (Å²) < 4.78 is 0. The molecule has 4 N–H and O–H groups in total. The second-order valence-corrected chi connectivity index (χ2v) is 5.27. The molecular weight excluding hydrogens is 244 g/mol. The third-order valence-corrected chi connectivity index (χ3v) is 2.69. The normalized spacial score (nSPS) is 11.1. The predicted octanol–water partition coefficient (Wildman–Crippen LogP) is 1.52. The summed E-state index contributed by atoms with van der Waals surface area (Å²) in [6, 6.07) is 6.42. The van der Waals surface area contributed by atoms with Gasteiger partial charge in [-0.25, -0.2) is 4.79 Å². The highest BCUT2D eigenvalue weighted by atomic mass is 16.4. The Morgan fingerprint density at radius 2 is 1.84 bits per heavy atom. The molecule has 5 nitrogen and oxygen atoms in total. The smallest absolute Gasteiger partial charge is 0.335 e. The Morgan fingerprint density at radius 3 is 2.32 bits per heavy atom. The van der Waals surface area contributed by atoms with Crippen LogP contribution in [0.25, 0.3) is 0 Å². The van der Waals surface area contributed by atoms with E-state index >= 15 is 0 Å². The summed E-state index contributed by atoms with van der Waals surface area (Å²) in [6.07, 6.45) is 1.01. The van der Waals surface area contributed by atoms with Gasteiger partial charge in [-0.1, -0.05) is 12.1 Å². The van der Waals surface area contributed by atoms with Gasteiger partial charge in [-0.05, 0) is 38.0 Å². The van der Waals surface area contributed by atoms with E-state index in [1.54, 1.807) is 12.1 Å². The van der Waals surface area contributed by atoms with Crippen LogP contribution >= 0.6 is 0 Å². The third kappa shape index (κ3) is 6.01. The summed E-state index contributed by atoms with van der Waals surface area (Å²) in [4.78, 5) is 22.3. The molecule has 0 aliphatic rings. The van der Waals surface area contributed by atoms with Gasteiger partial charge in [0.25, 0.3) is 0 Å². The number of carboxylic acid groups (broad SMARTS) is 1. The molecule has 0 aromatic heterocycles. The fourth-order valence-electron chi connectivity index (χ4n) is 1.49. The van der Waals surface area contributed by atoms with Crippen LogP contribution in [0.1, 0.15) is 42.6 Å². The van der Waals surface area contributed by atoms with Crippen molar-refractivity contribution in [1.29, 1.82) is 0 Å². The SMILES string of the molecule is CC(C)(N)CCC(=O)NCc1ccc(C(=O)O)cc1. The molecule has 1 amide bonds. The number of hydrogen-bond acceptors (Lipinski definition) is 3. The average molecular weight is 264 g/mol. The predicted molar refractivity (Wildman–Crippen MR) is 72.7 cm³/mol. The van der Waals surface area contributed by atoms with Crippen LogP contribution in [-0.2, 0) is 11.3 Å². The number of aromatic carboxylic acids is 1. The van der Waals surface area contributed by atoms with E-state index in [4.69, 9.17) is 10.8 Å². The maximum absolute atomic E-state index is 11.6. The van der Waals surface area contributed by atoms with Crippen molar-refractivity contribution in [2.24, 2.45) is 5.73 Å². The summed E-state index contributed by atoms with van der Waals surface area (Å²) in [5.41, 5.74) is 6.56. The summed E-state index contributed by atoms with van der Waals surface area (Å²) in [7, 11) is 0. The topological polar surface area (TPSA) is 92.4 Å². The van der Waals surface area contributed by atoms with Crippen molar-refractivity contribution in [2.75, 3.05) is 0 Å². The van der Waals surface area contributed by atoms with E-state index in [1.165, 1.54) is 12.1 Å². The van der Waals surface area contributed by atoms with E-state index in [-0.39, 0.29) is 17.0 Å². The lowest BCUT2D eigenvalue weighted by Gasteiger charge is -2.17. The number of nitrogens with two attached hydrogens (primary N) is 1. The van der Waals surface area contributed by atoms with Crippen LogP contribution in [0.15, 0.2) is 24.3 Å². The molecule has 19 heavy (non-hydrogen) atoms. The van der Waals surface area contributed by atoms with Gasteiger partial charge < -0.3 is 16.2 Å². The highest BCUT2D eigenvalue weighted by Crippen LogP contribution is 2.07. The molecule has 0 aliphatic carbocycles. The zero-order valence-electron chi connectivity index (χ0n) is 11.3. The Balaban J connectivity index is 2.40. The van der Waals surface area contributed by atoms with Crippen molar-refractivity contribution in [1.82, 2.24) is 5.32 Å². The summed E-state index contributed by atoms with van der Waals surface area (Å²) in [5.74, 6) is -1.01. The molecule has 1 rings (SSSR count). The van der Waals surface area contributed by atoms with Gasteiger partial charge in [-0.3, -0.25) is 4.79 Å². The number of carbonyl (C=O) groups is 2. The summed E-state index contributed by atoms with van der Waals surface area (Å²) in [5, 5.41) is 11.5. The Labute approximate surface area is 112 Å². The third-order valence-electron chi connectivity index (χ3n) is 2.69. The van der Waals surface area contributed by atoms with Gasteiger partial charge >= 0.3 is 5.97 Å². The fraction of sp³-hybridized carbons (Fsp3) is 0.429. The van der Waals surface area contributed by atoms with Crippen LogP contribution < -0.4 is 11.1 Å². The monoisotopic (exact) mass is 264 g/mol. The molecule has 0 saturated heterocycles. The zero-order chi connectivity index (χ0) is 14.5. The van der Waals surface area contributed by atoms with E-state index < -0.39 is 5.97 Å². The molecule has 5 heteroatoms. The molecule has 0 fully saturated rings. The number of nitrogens with one attached hydrogen (secondary N) is 1. The van der Waals surface area contributed by atoms with Crippen molar-refractivity contribution in [3.8, 4) is 0 Å². The number of rotatable bonds is 6. The Hall–Kier alpha value is -1.88. The first-order valence-corrected chi connectivity index (χ1v) is 6.16. The molecule has 0 spiro atoms. The van der Waals surface area contributed by atoms with Gasteiger partial charge in [0.15, 0.2) is 0 Å². The molecule has 0 bridgehead atoms. The first kappa shape index (κ1) is 15.2. The van der Waals surface area contributed by atoms with Crippen LogP contribution in [-0.4, -0.2) is 22.5 Å². The minimum atomic E-state index is -0.958. The van der Waals surface area contributed by atoms with Crippen molar-refractivity contribution >= 4 is 11.9 Å². The van der Waals surface area contributed by atoms with Crippen molar-refractivity contribution < 1.29 is 14.7 Å². The first-order chi connectivity index (χ1) is 8.78. The largest absolute Gasteiger partial charge is 0.478 e. The molecule has 1 aromatic rings. The van der Waals surface area contributed by atoms with Gasteiger partial charge in [0.2, 0.25) is 5.91 Å². The number of benzene rings is 1. The summed E-state index contributed by atoms with van der Waals surface area (Å²) in [6.45, 7) is 4.15. The van der Waals surface area contributed by atoms with Crippen LogP contribution in [0.5, 0.6) is 0 Å². The van der Waals surface area contributed by atoms with Crippen LogP contribution in [0, 0.1) is 0 Å². The Morgan fingerprint density at radius 1 is 1.26 bits per heavy atom. The highest BCUT2D eigenvalue weighted by Gasteiger charge is 2.12. The molecule has 0 heterocycles. The maximum atomic E-state index is 11.6. The fourth-order valence-corrected chi connectivity index (χ4v) is 1.49. The molecule has 0 unspecified atom stereocenters. The van der Waals surface area contributed by atoms with Crippen LogP contribution in [0.3, 0.4) is 0 Å². The number of carboxylic acids is 1. The van der Waals surface area contributed by atoms with Crippen LogP contribution in [0.4, 0.5) is 0 Å². The number of carbonyl (C=O) groups excluding carboxylic acids is 1. The molecule has 0 atom stereocenters. The molecule has 1 aromatic carbocycles. The van der Waals surface area contributed by atoms with E-state index in [0.29, 0.717) is 19.4 Å². The molecule has 0 aliphatic heterocycles. The molecule has 0 radical (unpaired) electrons. The quantitative estimate of drug-likeness (QED) is 0.726. The summed E-state index contributed by atoms with van der Waals surface area (Å²) >= 11 is 0. The van der Waals surface area contributed by atoms with E-state index in [2.05, 4.69) is 5.32 Å². The van der Waals surface area contributed by atoms with E-state index in [1.807, 2.05) is 13.8 Å². The lowest BCUT2D eigenvalue weighted by Crippen LogP contribution is -2.34. The van der Waals surface area contributed by atoms with Crippen LogP contribution in [0.2, 0.25) is 0 Å². The lowest BCUT2D eigenvalue weighted by atomic mass is 10.00. The molecule has 0 saturated carbocycles. The lowest BCUT2D eigenvalue weighted by molar-refractivity contribution is -0.121. The Bertz CT molecular complexity index is 447. The Kier molecular flexibility index (Phi) is 5.06. The molecular formula is C14H20N2O3. The maximum Gasteiger partial charge on any atom is 0.335 e. The van der Waals surface area contributed by atoms with Crippen molar-refractivity contribution in [3.63, 3.8) is 0 Å². The average Bonchev–Trinajstić information content (AvgIpc) is 2.33. The van der Waals surface area contributed by atoms with Gasteiger partial charge in [-0.15, -0.1) is 0 Å². The van der Waals surface area contributed by atoms with E-state index in [0.717, 1.165) is 5.56 Å². The zero-order valence-corrected chi connectivity index (χ0v) is 11.3. The van der Waals surface area contributed by atoms with E-state index in [9.17, 15) is 9.59 Å². The second kappa shape index (κ2) is 6.33. The second-order valence-electron chi connectivity index (χ2n) is 5.27. The van der Waals surface area contributed by atoms with Gasteiger partial charge in [0.05, 0.1) is 5.56 Å². The van der Waals surface area contributed by atoms with Crippen molar-refractivity contribution in [2.45, 2.75) is 38.8 Å².